The predicted octanol–water partition coefficient (Wildman–Crippen LogP) is 2.18. The van der Waals surface area contributed by atoms with E-state index in [9.17, 15) is 4.79 Å². The average Bonchev–Trinajstić information content (AvgIpc) is 2.53. The molecule has 0 aliphatic rings. The van der Waals surface area contributed by atoms with Crippen LogP contribution in [-0.4, -0.2) is 24.1 Å². The first-order valence-corrected chi connectivity index (χ1v) is 6.81. The van der Waals surface area contributed by atoms with Gasteiger partial charge in [-0.05, 0) is 25.1 Å². The van der Waals surface area contributed by atoms with Gasteiger partial charge in [0.15, 0.2) is 6.61 Å². The third-order valence-electron chi connectivity index (χ3n) is 2.72. The van der Waals surface area contributed by atoms with Crippen molar-refractivity contribution in [1.82, 2.24) is 10.3 Å². The van der Waals surface area contributed by atoms with Gasteiger partial charge in [-0.25, -0.2) is 4.98 Å². The molecule has 5 heteroatoms. The molecule has 1 heterocycles. The van der Waals surface area contributed by atoms with Crippen LogP contribution in [0.25, 0.3) is 0 Å². The zero-order valence-electron chi connectivity index (χ0n) is 11.9. The maximum atomic E-state index is 11.8. The Balaban J connectivity index is 1.81. The largest absolute Gasteiger partial charge is 0.484 e. The molecule has 1 N–H and O–H groups in total. The third kappa shape index (κ3) is 4.80. The summed E-state index contributed by atoms with van der Waals surface area (Å²) in [5, 5.41) is 2.78. The summed E-state index contributed by atoms with van der Waals surface area (Å²) in [7, 11) is 0. The minimum Gasteiger partial charge on any atom is -0.484 e. The molecule has 0 spiro atoms. The van der Waals surface area contributed by atoms with Crippen molar-refractivity contribution < 1.29 is 14.3 Å². The van der Waals surface area contributed by atoms with Crippen LogP contribution in [-0.2, 0) is 11.3 Å². The van der Waals surface area contributed by atoms with E-state index in [0.717, 1.165) is 5.56 Å². The number of carbonyl (C=O) groups excluding carboxylic acids is 1. The number of pyridine rings is 1. The summed E-state index contributed by atoms with van der Waals surface area (Å²) in [6.07, 6.45) is 1.66. The molecule has 2 rings (SSSR count). The first-order chi connectivity index (χ1) is 10.3. The van der Waals surface area contributed by atoms with E-state index < -0.39 is 0 Å². The lowest BCUT2D eigenvalue weighted by Gasteiger charge is -2.10. The smallest absolute Gasteiger partial charge is 0.258 e. The lowest BCUT2D eigenvalue weighted by Crippen LogP contribution is -2.28. The Morgan fingerprint density at radius 1 is 1.14 bits per heavy atom. The van der Waals surface area contributed by atoms with E-state index in [1.165, 1.54) is 0 Å². The Labute approximate surface area is 123 Å². The lowest BCUT2D eigenvalue weighted by molar-refractivity contribution is -0.123. The maximum Gasteiger partial charge on any atom is 0.258 e. The Morgan fingerprint density at radius 3 is 2.71 bits per heavy atom. The van der Waals surface area contributed by atoms with Crippen molar-refractivity contribution >= 4 is 5.91 Å². The fourth-order valence-corrected chi connectivity index (χ4v) is 1.74. The highest BCUT2D eigenvalue weighted by Gasteiger charge is 2.07. The minimum absolute atomic E-state index is 0.0196. The maximum absolute atomic E-state index is 11.8. The van der Waals surface area contributed by atoms with E-state index in [0.29, 0.717) is 24.8 Å². The van der Waals surface area contributed by atoms with Crippen LogP contribution in [0, 0.1) is 0 Å². The van der Waals surface area contributed by atoms with Crippen LogP contribution < -0.4 is 14.8 Å². The number of benzene rings is 1. The molecular formula is C16H18N2O3. The summed E-state index contributed by atoms with van der Waals surface area (Å²) in [6, 6.07) is 12.9. The van der Waals surface area contributed by atoms with Crippen LogP contribution in [0.3, 0.4) is 0 Å². The topological polar surface area (TPSA) is 60.5 Å². The molecule has 110 valence electrons. The fraction of sp³-hybridized carbons (Fsp3) is 0.250. The molecule has 5 nitrogen and oxygen atoms in total. The number of amides is 1. The zero-order valence-corrected chi connectivity index (χ0v) is 11.9. The van der Waals surface area contributed by atoms with Gasteiger partial charge in [-0.1, -0.05) is 24.3 Å². The summed E-state index contributed by atoms with van der Waals surface area (Å²) < 4.78 is 10.8. The van der Waals surface area contributed by atoms with Gasteiger partial charge >= 0.3 is 0 Å². The van der Waals surface area contributed by atoms with Gasteiger partial charge in [0.25, 0.3) is 5.91 Å². The van der Waals surface area contributed by atoms with E-state index >= 15 is 0 Å². The summed E-state index contributed by atoms with van der Waals surface area (Å²) in [5.74, 6) is 1.03. The van der Waals surface area contributed by atoms with E-state index in [2.05, 4.69) is 10.3 Å². The van der Waals surface area contributed by atoms with Crippen molar-refractivity contribution in [3.05, 3.63) is 54.2 Å². The highest BCUT2D eigenvalue weighted by Crippen LogP contribution is 2.13. The molecule has 0 radical (unpaired) electrons. The average molecular weight is 286 g/mol. The molecule has 0 atom stereocenters. The number of carbonyl (C=O) groups is 1. The number of nitrogens with one attached hydrogen (secondary N) is 1. The van der Waals surface area contributed by atoms with E-state index in [1.54, 1.807) is 6.20 Å². The second kappa shape index (κ2) is 7.89. The Morgan fingerprint density at radius 2 is 1.95 bits per heavy atom. The van der Waals surface area contributed by atoms with Crippen LogP contribution in [0.15, 0.2) is 48.7 Å². The fourth-order valence-electron chi connectivity index (χ4n) is 1.74. The molecule has 1 amide bonds. The monoisotopic (exact) mass is 286 g/mol. The van der Waals surface area contributed by atoms with Gasteiger partial charge in [0.05, 0.1) is 6.61 Å². The molecule has 21 heavy (non-hydrogen) atoms. The van der Waals surface area contributed by atoms with Crippen LogP contribution in [0.4, 0.5) is 0 Å². The Kier molecular flexibility index (Phi) is 5.58. The summed E-state index contributed by atoms with van der Waals surface area (Å²) in [5.41, 5.74) is 0.840. The molecule has 1 aromatic carbocycles. The van der Waals surface area contributed by atoms with Crippen molar-refractivity contribution in [2.75, 3.05) is 13.2 Å². The van der Waals surface area contributed by atoms with Gasteiger partial charge in [0.1, 0.15) is 5.75 Å². The number of ether oxygens (including phenoxy) is 2. The Bertz CT molecular complexity index is 573. The molecule has 2 aromatic rings. The highest BCUT2D eigenvalue weighted by atomic mass is 16.5. The number of aromatic nitrogens is 1. The van der Waals surface area contributed by atoms with Crippen molar-refractivity contribution in [2.45, 2.75) is 13.5 Å². The zero-order chi connectivity index (χ0) is 14.9. The summed E-state index contributed by atoms with van der Waals surface area (Å²) in [6.45, 7) is 2.77. The normalized spacial score (nSPS) is 9.95. The molecule has 0 saturated carbocycles. The molecule has 0 bridgehead atoms. The molecule has 0 saturated heterocycles. The lowest BCUT2D eigenvalue weighted by atomic mass is 10.2. The van der Waals surface area contributed by atoms with Crippen LogP contribution >= 0.6 is 0 Å². The molecule has 0 aliphatic carbocycles. The summed E-state index contributed by atoms with van der Waals surface area (Å²) >= 11 is 0. The third-order valence-corrected chi connectivity index (χ3v) is 2.72. The predicted molar refractivity (Wildman–Crippen MR) is 79.2 cm³/mol. The minimum atomic E-state index is -0.190. The molecule has 0 unspecified atom stereocenters. The quantitative estimate of drug-likeness (QED) is 0.847. The molecular weight excluding hydrogens is 268 g/mol. The van der Waals surface area contributed by atoms with Crippen LogP contribution in [0.2, 0.25) is 0 Å². The van der Waals surface area contributed by atoms with Crippen LogP contribution in [0.1, 0.15) is 12.5 Å². The molecule has 1 aromatic heterocycles. The molecule has 0 aliphatic heterocycles. The van der Waals surface area contributed by atoms with Gasteiger partial charge in [-0.15, -0.1) is 0 Å². The highest BCUT2D eigenvalue weighted by molar-refractivity contribution is 5.77. The van der Waals surface area contributed by atoms with Crippen molar-refractivity contribution in [2.24, 2.45) is 0 Å². The van der Waals surface area contributed by atoms with E-state index in [-0.39, 0.29) is 12.5 Å². The van der Waals surface area contributed by atoms with Gasteiger partial charge in [0, 0.05) is 18.3 Å². The van der Waals surface area contributed by atoms with E-state index in [1.807, 2.05) is 49.4 Å². The number of hydrogen-bond donors (Lipinski definition) is 1. The standard InChI is InChI=1S/C16H18N2O3/c1-2-20-16-13(7-6-10-17-16)11-18-15(19)12-21-14-8-4-3-5-9-14/h3-10H,2,11-12H2,1H3,(H,18,19). The number of rotatable bonds is 7. The van der Waals surface area contributed by atoms with Gasteiger partial charge < -0.3 is 14.8 Å². The second-order valence-electron chi connectivity index (χ2n) is 4.28. The van der Waals surface area contributed by atoms with Crippen molar-refractivity contribution in [1.29, 1.82) is 0 Å². The summed E-state index contributed by atoms with van der Waals surface area (Å²) in [4.78, 5) is 15.9. The second-order valence-corrected chi connectivity index (χ2v) is 4.28. The number of para-hydroxylation sites is 1. The van der Waals surface area contributed by atoms with Gasteiger partial charge in [0.2, 0.25) is 5.88 Å². The van der Waals surface area contributed by atoms with Crippen molar-refractivity contribution in [3.8, 4) is 11.6 Å². The first kappa shape index (κ1) is 14.8. The number of nitrogens with zero attached hydrogens (tertiary/aromatic N) is 1. The van der Waals surface area contributed by atoms with E-state index in [4.69, 9.17) is 9.47 Å². The first-order valence-electron chi connectivity index (χ1n) is 6.81. The van der Waals surface area contributed by atoms with Gasteiger partial charge in [-0.2, -0.15) is 0 Å². The SMILES string of the molecule is CCOc1ncccc1CNC(=O)COc1ccccc1. The van der Waals surface area contributed by atoms with Crippen molar-refractivity contribution in [3.63, 3.8) is 0 Å². The van der Waals surface area contributed by atoms with Crippen LogP contribution in [0.5, 0.6) is 11.6 Å². The Hall–Kier alpha value is -2.56. The number of hydrogen-bond acceptors (Lipinski definition) is 4. The molecule has 0 fully saturated rings. The van der Waals surface area contributed by atoms with Gasteiger partial charge in [-0.3, -0.25) is 4.79 Å².